The Morgan fingerprint density at radius 2 is 1.88 bits per heavy atom. The van der Waals surface area contributed by atoms with Crippen molar-refractivity contribution in [1.82, 2.24) is 0 Å². The van der Waals surface area contributed by atoms with Gasteiger partial charge in [-0.1, -0.05) is 71.3 Å². The molecule has 0 aliphatic heterocycles. The lowest BCUT2D eigenvalue weighted by Crippen LogP contribution is -2.36. The van der Waals surface area contributed by atoms with Crippen molar-refractivity contribution < 1.29 is 15.3 Å². The van der Waals surface area contributed by atoms with Crippen LogP contribution in [0.2, 0.25) is 0 Å². The van der Waals surface area contributed by atoms with Gasteiger partial charge < -0.3 is 15.3 Å². The minimum absolute atomic E-state index is 0.387. The molecule has 3 nitrogen and oxygen atoms in total. The molecular formula is C30H50O3. The van der Waals surface area contributed by atoms with Gasteiger partial charge in [-0.05, 0) is 92.1 Å². The van der Waals surface area contributed by atoms with E-state index in [1.807, 2.05) is 0 Å². The van der Waals surface area contributed by atoms with Gasteiger partial charge in [-0.25, -0.2) is 0 Å². The first kappa shape index (κ1) is 26.7. The van der Waals surface area contributed by atoms with Crippen LogP contribution in [0.4, 0.5) is 0 Å². The molecule has 0 aromatic rings. The summed E-state index contributed by atoms with van der Waals surface area (Å²) in [6, 6.07) is 0. The monoisotopic (exact) mass is 458 g/mol. The summed E-state index contributed by atoms with van der Waals surface area (Å²) in [5, 5.41) is 30.8. The van der Waals surface area contributed by atoms with E-state index >= 15 is 0 Å². The summed E-state index contributed by atoms with van der Waals surface area (Å²) < 4.78 is 0. The van der Waals surface area contributed by atoms with Crippen LogP contribution in [0.3, 0.4) is 0 Å². The maximum atomic E-state index is 10.6. The highest BCUT2D eigenvalue weighted by molar-refractivity contribution is 5.38. The summed E-state index contributed by atoms with van der Waals surface area (Å²) >= 11 is 0. The van der Waals surface area contributed by atoms with Crippen LogP contribution in [0.25, 0.3) is 0 Å². The first-order chi connectivity index (χ1) is 15.6. The fourth-order valence-corrected chi connectivity index (χ4v) is 7.40. The van der Waals surface area contributed by atoms with Crippen molar-refractivity contribution in [3.63, 3.8) is 0 Å². The fraction of sp³-hybridized carbons (Fsp3) is 0.800. The van der Waals surface area contributed by atoms with Crippen LogP contribution in [-0.4, -0.2) is 33.1 Å². The van der Waals surface area contributed by atoms with Gasteiger partial charge in [0.2, 0.25) is 0 Å². The molecule has 0 aromatic heterocycles. The van der Waals surface area contributed by atoms with Gasteiger partial charge >= 0.3 is 0 Å². The highest BCUT2D eigenvalue weighted by Crippen LogP contribution is 2.60. The second kappa shape index (κ2) is 11.2. The Labute approximate surface area is 203 Å². The van der Waals surface area contributed by atoms with Crippen LogP contribution in [0.1, 0.15) is 111 Å². The molecule has 3 saturated carbocycles. The van der Waals surface area contributed by atoms with Gasteiger partial charge in [-0.2, -0.15) is 0 Å². The molecule has 3 fully saturated rings. The van der Waals surface area contributed by atoms with Crippen molar-refractivity contribution in [2.45, 2.75) is 129 Å². The smallest absolute Gasteiger partial charge is 0.0811 e. The quantitative estimate of drug-likeness (QED) is 0.330. The molecule has 3 heteroatoms. The predicted octanol–water partition coefficient (Wildman–Crippen LogP) is 6.88. The van der Waals surface area contributed by atoms with Crippen LogP contribution in [-0.2, 0) is 0 Å². The number of hydrogen-bond donors (Lipinski definition) is 3. The number of allylic oxidation sites excluding steroid dienone is 3. The number of aliphatic hydroxyl groups is 3. The van der Waals surface area contributed by atoms with E-state index < -0.39 is 17.8 Å². The molecule has 0 bridgehead atoms. The Bertz CT molecular complexity index is 731. The lowest BCUT2D eigenvalue weighted by Gasteiger charge is -2.44. The molecule has 0 heterocycles. The molecule has 3 aliphatic carbocycles. The number of fused-ring (bicyclic) bond motifs is 1. The zero-order valence-electron chi connectivity index (χ0n) is 21.8. The number of rotatable bonds is 9. The Balaban J connectivity index is 1.62. The zero-order chi connectivity index (χ0) is 24.2. The van der Waals surface area contributed by atoms with E-state index in [4.69, 9.17) is 0 Å². The van der Waals surface area contributed by atoms with E-state index in [9.17, 15) is 15.3 Å². The standard InChI is InChI=1S/C30H50O3/c1-6-30(33,7-2)18-9-8-11-21(3)26-15-16-27-23(12-10-17-29(26,27)5)13-14-24-19-25(31)20-28(32)22(24)4/h13-14,21,25-28,31-33H,4,6-12,15-20H2,1-3,5H3/t21-,25-,26-,27+,28+,29-/m1/s1. The van der Waals surface area contributed by atoms with Crippen molar-refractivity contribution in [3.05, 3.63) is 35.5 Å². The number of unbranched alkanes of at least 4 members (excludes halogenated alkanes) is 1. The molecule has 3 aliphatic rings. The average Bonchev–Trinajstić information content (AvgIpc) is 3.15. The second-order valence-corrected chi connectivity index (χ2v) is 11.8. The molecule has 6 atom stereocenters. The third-order valence-corrected chi connectivity index (χ3v) is 9.86. The van der Waals surface area contributed by atoms with Gasteiger partial charge in [-0.3, -0.25) is 0 Å². The van der Waals surface area contributed by atoms with E-state index in [0.717, 1.165) is 48.7 Å². The van der Waals surface area contributed by atoms with Crippen LogP contribution in [0, 0.1) is 23.2 Å². The molecule has 0 radical (unpaired) electrons. The molecule has 3 rings (SSSR count). The Kier molecular flexibility index (Phi) is 9.08. The molecule has 0 spiro atoms. The molecule has 188 valence electrons. The van der Waals surface area contributed by atoms with Crippen molar-refractivity contribution in [2.75, 3.05) is 0 Å². The van der Waals surface area contributed by atoms with Crippen molar-refractivity contribution in [3.8, 4) is 0 Å². The SMILES string of the molecule is C=C1C(=CC=C2CCC[C@]3(C)[C@@H]([C@H](C)CCCCC(O)(CC)CC)CC[C@@H]23)C[C@@H](O)C[C@@H]1O. The Morgan fingerprint density at radius 3 is 2.58 bits per heavy atom. The highest BCUT2D eigenvalue weighted by Gasteiger charge is 2.50. The molecule has 0 aromatic carbocycles. The minimum Gasteiger partial charge on any atom is -0.393 e. The van der Waals surface area contributed by atoms with Gasteiger partial charge in [0.25, 0.3) is 0 Å². The Hall–Kier alpha value is -0.900. The molecule has 33 heavy (non-hydrogen) atoms. The predicted molar refractivity (Wildman–Crippen MR) is 138 cm³/mol. The summed E-state index contributed by atoms with van der Waals surface area (Å²) in [5.74, 6) is 2.17. The van der Waals surface area contributed by atoms with Crippen LogP contribution < -0.4 is 0 Å². The molecule has 0 amide bonds. The minimum atomic E-state index is -0.614. The van der Waals surface area contributed by atoms with Crippen LogP contribution >= 0.6 is 0 Å². The summed E-state index contributed by atoms with van der Waals surface area (Å²) in [4.78, 5) is 0. The maximum Gasteiger partial charge on any atom is 0.0811 e. The third kappa shape index (κ3) is 6.03. The van der Waals surface area contributed by atoms with Crippen LogP contribution in [0.5, 0.6) is 0 Å². The lowest BCUT2D eigenvalue weighted by molar-refractivity contribution is 0.0202. The first-order valence-corrected chi connectivity index (χ1v) is 13.8. The van der Waals surface area contributed by atoms with E-state index in [1.54, 1.807) is 5.57 Å². The largest absolute Gasteiger partial charge is 0.393 e. The second-order valence-electron chi connectivity index (χ2n) is 11.8. The summed E-state index contributed by atoms with van der Waals surface area (Å²) in [6.07, 6.45) is 17.1. The molecular weight excluding hydrogens is 408 g/mol. The number of aliphatic hydroxyl groups excluding tert-OH is 2. The summed E-state index contributed by atoms with van der Waals surface area (Å²) in [5.41, 5.74) is 3.30. The molecule has 3 N–H and O–H groups in total. The van der Waals surface area contributed by atoms with E-state index in [0.29, 0.717) is 24.2 Å². The summed E-state index contributed by atoms with van der Waals surface area (Å²) in [7, 11) is 0. The highest BCUT2D eigenvalue weighted by atomic mass is 16.3. The van der Waals surface area contributed by atoms with Gasteiger partial charge in [-0.15, -0.1) is 0 Å². The normalized spacial score (nSPS) is 36.4. The van der Waals surface area contributed by atoms with Gasteiger partial charge in [0.05, 0.1) is 17.8 Å². The average molecular weight is 459 g/mol. The van der Waals surface area contributed by atoms with E-state index in [1.165, 1.54) is 44.9 Å². The van der Waals surface area contributed by atoms with Crippen LogP contribution in [0.15, 0.2) is 35.5 Å². The summed E-state index contributed by atoms with van der Waals surface area (Å²) in [6.45, 7) is 13.3. The van der Waals surface area contributed by atoms with Gasteiger partial charge in [0.1, 0.15) is 0 Å². The van der Waals surface area contributed by atoms with Gasteiger partial charge in [0, 0.05) is 6.42 Å². The lowest BCUT2D eigenvalue weighted by atomic mass is 9.60. The fourth-order valence-electron chi connectivity index (χ4n) is 7.40. The van der Waals surface area contributed by atoms with Crippen molar-refractivity contribution in [1.29, 1.82) is 0 Å². The molecule has 0 saturated heterocycles. The molecule has 0 unspecified atom stereocenters. The first-order valence-electron chi connectivity index (χ1n) is 13.8. The third-order valence-electron chi connectivity index (χ3n) is 9.86. The zero-order valence-corrected chi connectivity index (χ0v) is 21.8. The maximum absolute atomic E-state index is 10.6. The van der Waals surface area contributed by atoms with E-state index in [-0.39, 0.29) is 0 Å². The van der Waals surface area contributed by atoms with Crippen molar-refractivity contribution >= 4 is 0 Å². The van der Waals surface area contributed by atoms with Crippen molar-refractivity contribution in [2.24, 2.45) is 23.2 Å². The van der Waals surface area contributed by atoms with Gasteiger partial charge in [0.15, 0.2) is 0 Å². The van der Waals surface area contributed by atoms with E-state index in [2.05, 4.69) is 46.4 Å². The Morgan fingerprint density at radius 1 is 1.15 bits per heavy atom. The number of hydrogen-bond acceptors (Lipinski definition) is 3. The topological polar surface area (TPSA) is 60.7 Å².